The summed E-state index contributed by atoms with van der Waals surface area (Å²) in [6, 6.07) is 1.47. The molecular weight excluding hydrogens is 256 g/mol. The molecule has 0 aliphatic rings. The normalized spacial score (nSPS) is 10.7. The van der Waals surface area contributed by atoms with E-state index in [1.54, 1.807) is 6.08 Å². The van der Waals surface area contributed by atoms with Crippen molar-refractivity contribution in [2.45, 2.75) is 13.3 Å². The van der Waals surface area contributed by atoms with Gasteiger partial charge in [-0.25, -0.2) is 13.6 Å². The molecule has 102 valence electrons. The van der Waals surface area contributed by atoms with Crippen molar-refractivity contribution in [3.8, 4) is 0 Å². The number of amides is 1. The van der Waals surface area contributed by atoms with Crippen LogP contribution >= 0.6 is 0 Å². The van der Waals surface area contributed by atoms with E-state index in [4.69, 9.17) is 5.11 Å². The lowest BCUT2D eigenvalue weighted by atomic mass is 10.1. The zero-order valence-electron chi connectivity index (χ0n) is 10.2. The Morgan fingerprint density at radius 2 is 1.95 bits per heavy atom. The van der Waals surface area contributed by atoms with Crippen LogP contribution in [-0.4, -0.2) is 23.5 Å². The van der Waals surface area contributed by atoms with Crippen molar-refractivity contribution < 1.29 is 23.5 Å². The molecule has 6 heteroatoms. The van der Waals surface area contributed by atoms with Crippen molar-refractivity contribution in [2.75, 3.05) is 6.54 Å². The second-order valence-corrected chi connectivity index (χ2v) is 3.83. The van der Waals surface area contributed by atoms with Gasteiger partial charge in [0.2, 0.25) is 5.91 Å². The number of carbonyl (C=O) groups excluding carboxylic acids is 1. The number of nitrogens with one attached hydrogen (secondary N) is 1. The third kappa shape index (κ3) is 4.50. The van der Waals surface area contributed by atoms with Crippen molar-refractivity contribution in [2.24, 2.45) is 0 Å². The molecule has 0 atom stereocenters. The maximum absolute atomic E-state index is 13.0. The number of hydrogen-bond acceptors (Lipinski definition) is 2. The molecule has 0 heterocycles. The Morgan fingerprint density at radius 1 is 1.32 bits per heavy atom. The molecule has 4 nitrogen and oxygen atoms in total. The predicted molar refractivity (Wildman–Crippen MR) is 65.7 cm³/mol. The van der Waals surface area contributed by atoms with Gasteiger partial charge in [0.05, 0.1) is 5.56 Å². The number of halogens is 2. The number of carboxylic acid groups (broad SMARTS) is 1. The van der Waals surface area contributed by atoms with Crippen LogP contribution in [0, 0.1) is 11.6 Å². The molecule has 19 heavy (non-hydrogen) atoms. The van der Waals surface area contributed by atoms with Crippen LogP contribution in [-0.2, 0) is 4.79 Å². The quantitative estimate of drug-likeness (QED) is 0.805. The monoisotopic (exact) mass is 269 g/mol. The zero-order chi connectivity index (χ0) is 14.4. The summed E-state index contributed by atoms with van der Waals surface area (Å²) in [5, 5.41) is 11.4. The van der Waals surface area contributed by atoms with E-state index in [0.717, 1.165) is 6.07 Å². The first kappa shape index (κ1) is 14.8. The summed E-state index contributed by atoms with van der Waals surface area (Å²) in [6.07, 6.45) is 3.42. The van der Waals surface area contributed by atoms with Gasteiger partial charge in [0, 0.05) is 13.5 Å². The van der Waals surface area contributed by atoms with Gasteiger partial charge in [0.15, 0.2) is 11.6 Å². The molecule has 0 bridgehead atoms. The van der Waals surface area contributed by atoms with Gasteiger partial charge in [-0.15, -0.1) is 0 Å². The SMILES string of the molecule is CC(=O)NCCC=Cc1cc(F)c(F)cc1C(=O)O. The Hall–Kier alpha value is -2.24. The lowest BCUT2D eigenvalue weighted by Crippen LogP contribution is -2.20. The first-order valence-electron chi connectivity index (χ1n) is 5.55. The number of carbonyl (C=O) groups is 2. The lowest BCUT2D eigenvalue weighted by molar-refractivity contribution is -0.118. The topological polar surface area (TPSA) is 66.4 Å². The second-order valence-electron chi connectivity index (χ2n) is 3.83. The van der Waals surface area contributed by atoms with Crippen molar-refractivity contribution in [3.05, 3.63) is 41.0 Å². The highest BCUT2D eigenvalue weighted by Crippen LogP contribution is 2.17. The Balaban J connectivity index is 2.82. The summed E-state index contributed by atoms with van der Waals surface area (Å²) < 4.78 is 26.0. The molecule has 2 N–H and O–H groups in total. The van der Waals surface area contributed by atoms with Gasteiger partial charge in [0.25, 0.3) is 0 Å². The van der Waals surface area contributed by atoms with E-state index in [9.17, 15) is 18.4 Å². The Kier molecular flexibility index (Phi) is 5.17. The van der Waals surface area contributed by atoms with Crippen molar-refractivity contribution in [3.63, 3.8) is 0 Å². The van der Waals surface area contributed by atoms with E-state index in [2.05, 4.69) is 5.32 Å². The first-order valence-corrected chi connectivity index (χ1v) is 5.55. The molecule has 0 aliphatic heterocycles. The zero-order valence-corrected chi connectivity index (χ0v) is 10.2. The van der Waals surface area contributed by atoms with Crippen molar-refractivity contribution >= 4 is 18.0 Å². The standard InChI is InChI=1S/C13H13F2NO3/c1-8(17)16-5-3-2-4-9-6-11(14)12(15)7-10(9)13(18)19/h2,4,6-7H,3,5H2,1H3,(H,16,17)(H,18,19). The van der Waals surface area contributed by atoms with E-state index < -0.39 is 17.6 Å². The molecular formula is C13H13F2NO3. The summed E-state index contributed by atoms with van der Waals surface area (Å²) in [6.45, 7) is 1.76. The fraction of sp³-hybridized carbons (Fsp3) is 0.231. The van der Waals surface area contributed by atoms with Gasteiger partial charge in [-0.2, -0.15) is 0 Å². The van der Waals surface area contributed by atoms with E-state index in [1.165, 1.54) is 13.0 Å². The van der Waals surface area contributed by atoms with Gasteiger partial charge < -0.3 is 10.4 Å². The fourth-order valence-corrected chi connectivity index (χ4v) is 1.43. The highest BCUT2D eigenvalue weighted by Gasteiger charge is 2.13. The molecule has 0 radical (unpaired) electrons. The van der Waals surface area contributed by atoms with Gasteiger partial charge in [-0.3, -0.25) is 4.79 Å². The van der Waals surface area contributed by atoms with Crippen LogP contribution in [0.3, 0.4) is 0 Å². The average Bonchev–Trinajstić information content (AvgIpc) is 2.32. The predicted octanol–water partition coefficient (Wildman–Crippen LogP) is 2.20. The van der Waals surface area contributed by atoms with Crippen LogP contribution in [0.1, 0.15) is 29.3 Å². The molecule has 1 rings (SSSR count). The van der Waals surface area contributed by atoms with Gasteiger partial charge in [0.1, 0.15) is 0 Å². The lowest BCUT2D eigenvalue weighted by Gasteiger charge is -2.03. The Labute approximate surface area is 108 Å². The number of carboxylic acids is 1. The minimum atomic E-state index is -1.33. The number of aromatic carboxylic acids is 1. The summed E-state index contributed by atoms with van der Waals surface area (Å²) in [4.78, 5) is 21.5. The van der Waals surface area contributed by atoms with E-state index >= 15 is 0 Å². The minimum absolute atomic E-state index is 0.0780. The molecule has 0 spiro atoms. The van der Waals surface area contributed by atoms with E-state index in [0.29, 0.717) is 19.0 Å². The van der Waals surface area contributed by atoms with Crippen molar-refractivity contribution in [1.29, 1.82) is 0 Å². The van der Waals surface area contributed by atoms with E-state index in [-0.39, 0.29) is 17.0 Å². The van der Waals surface area contributed by atoms with Gasteiger partial charge in [-0.1, -0.05) is 12.2 Å². The van der Waals surface area contributed by atoms with Crippen LogP contribution in [0.25, 0.3) is 6.08 Å². The number of hydrogen-bond donors (Lipinski definition) is 2. The molecule has 0 fully saturated rings. The largest absolute Gasteiger partial charge is 0.478 e. The second kappa shape index (κ2) is 6.63. The molecule has 1 amide bonds. The third-order valence-electron chi connectivity index (χ3n) is 2.31. The fourth-order valence-electron chi connectivity index (χ4n) is 1.43. The smallest absolute Gasteiger partial charge is 0.336 e. The number of rotatable bonds is 5. The van der Waals surface area contributed by atoms with Crippen LogP contribution in [0.4, 0.5) is 8.78 Å². The molecule has 1 aromatic rings. The molecule has 0 aliphatic carbocycles. The highest BCUT2D eigenvalue weighted by molar-refractivity contribution is 5.92. The van der Waals surface area contributed by atoms with Gasteiger partial charge >= 0.3 is 5.97 Å². The third-order valence-corrected chi connectivity index (χ3v) is 2.31. The maximum atomic E-state index is 13.0. The Bertz CT molecular complexity index is 527. The first-order chi connectivity index (χ1) is 8.91. The summed E-state index contributed by atoms with van der Waals surface area (Å²) in [7, 11) is 0. The van der Waals surface area contributed by atoms with Crippen LogP contribution in [0.5, 0.6) is 0 Å². The average molecular weight is 269 g/mol. The van der Waals surface area contributed by atoms with Crippen LogP contribution < -0.4 is 5.32 Å². The van der Waals surface area contributed by atoms with Crippen molar-refractivity contribution in [1.82, 2.24) is 5.32 Å². The summed E-state index contributed by atoms with van der Waals surface area (Å²) in [5.74, 6) is -3.81. The minimum Gasteiger partial charge on any atom is -0.478 e. The summed E-state index contributed by atoms with van der Waals surface area (Å²) in [5.41, 5.74) is -0.232. The van der Waals surface area contributed by atoms with Crippen LogP contribution in [0.15, 0.2) is 18.2 Å². The molecule has 0 saturated carbocycles. The highest BCUT2D eigenvalue weighted by atomic mass is 19.2. The van der Waals surface area contributed by atoms with E-state index in [1.807, 2.05) is 0 Å². The maximum Gasteiger partial charge on any atom is 0.336 e. The van der Waals surface area contributed by atoms with Crippen LogP contribution in [0.2, 0.25) is 0 Å². The molecule has 0 saturated heterocycles. The number of benzene rings is 1. The molecule has 1 aromatic carbocycles. The molecule has 0 unspecified atom stereocenters. The van der Waals surface area contributed by atoms with Gasteiger partial charge in [-0.05, 0) is 24.1 Å². The summed E-state index contributed by atoms with van der Waals surface area (Å²) >= 11 is 0. The molecule has 0 aromatic heterocycles. The Morgan fingerprint density at radius 3 is 2.53 bits per heavy atom.